The second-order valence-electron chi connectivity index (χ2n) is 38.3. The zero-order valence-electron chi connectivity index (χ0n) is 83.8. The molecular formula is C99H215F4NO5S. The van der Waals surface area contributed by atoms with Crippen molar-refractivity contribution in [3.05, 3.63) is 35.9 Å². The van der Waals surface area contributed by atoms with Gasteiger partial charge in [0.1, 0.15) is 15.6 Å². The molecule has 0 saturated heterocycles. The second kappa shape index (κ2) is 105. The number of ether oxygens (including phenoxy) is 1. The van der Waals surface area contributed by atoms with E-state index in [1.54, 1.807) is 41.7 Å². The zero-order chi connectivity index (χ0) is 90.3. The average molecular weight is 1610 g/mol. The van der Waals surface area contributed by atoms with Gasteiger partial charge >= 0.3 is 0 Å². The van der Waals surface area contributed by atoms with Gasteiger partial charge in [0, 0.05) is 38.9 Å². The molecule has 0 bridgehead atoms. The van der Waals surface area contributed by atoms with Crippen LogP contribution >= 0.6 is 0 Å². The van der Waals surface area contributed by atoms with E-state index in [9.17, 15) is 30.8 Å². The Morgan fingerprint density at radius 1 is 0.473 bits per heavy atom. The normalized spacial score (nSPS) is 11.7. The van der Waals surface area contributed by atoms with E-state index in [-0.39, 0.29) is 42.6 Å². The lowest BCUT2D eigenvalue weighted by molar-refractivity contribution is -0.119. The third-order valence-electron chi connectivity index (χ3n) is 15.9. The fourth-order valence-corrected chi connectivity index (χ4v) is 7.01. The van der Waals surface area contributed by atoms with Gasteiger partial charge in [-0.1, -0.05) is 359 Å². The van der Waals surface area contributed by atoms with E-state index in [0.29, 0.717) is 30.8 Å². The molecule has 2 aliphatic rings. The van der Waals surface area contributed by atoms with Crippen LogP contribution in [-0.2, 0) is 25.8 Å². The van der Waals surface area contributed by atoms with Crippen molar-refractivity contribution in [2.24, 2.45) is 124 Å². The fraction of sp³-hybridized carbons (Fsp3) is 0.929. The second-order valence-corrected chi connectivity index (χ2v) is 40.9. The third kappa shape index (κ3) is 226. The third-order valence-corrected chi connectivity index (χ3v) is 17.6. The maximum atomic E-state index is 11.4. The van der Waals surface area contributed by atoms with Gasteiger partial charge in [-0.15, -0.1) is 0 Å². The van der Waals surface area contributed by atoms with Crippen molar-refractivity contribution in [2.45, 2.75) is 438 Å². The summed E-state index contributed by atoms with van der Waals surface area (Å²) < 4.78 is 70.7. The molecule has 2 saturated carbocycles. The average Bonchev–Trinajstić information content (AvgIpc) is 1.78. The number of unbranched alkanes of at least 4 members (excludes halogenated alkanes) is 1. The molecule has 3 N–H and O–H groups in total. The molecular weight excluding hydrogens is 1390 g/mol. The lowest BCUT2D eigenvalue weighted by atomic mass is 10.0. The van der Waals surface area contributed by atoms with Crippen molar-refractivity contribution in [1.82, 2.24) is 0 Å². The Labute approximate surface area is 696 Å². The Morgan fingerprint density at radius 3 is 0.900 bits per heavy atom. The van der Waals surface area contributed by atoms with E-state index in [1.165, 1.54) is 102 Å². The molecule has 1 aromatic carbocycles. The maximum Gasteiger partial charge on any atom is 0.238 e. The standard InChI is InChI=1S/C10H14.C7H14.2C7H16.C6H13F.C6H14O.C6H12.2C6H14.C5H10F2.C5H11F.C5H13N.C5H12O.C5H10O.C5H12.C4H10O2S.C4H10/c1-9(2)8-10-6-4-3-5-7-10;1-6(2)5-7-3-4-7;1-6(2)5-7(3)4;1-4-5-6-7(2)3;1-6(2)4-3-5-7;1-6(2)4-5-7-3;1-5(2)6-3-4-6;1-5(2)6(3)4;1-4-5-6(2)3;1-4(2)3-5(6)7;3*1-5(2)3-4-6;1-4(2)5(3)6;1-4-5(2)3;1-4(2)7(3,5)6;1-4(2)3/h3-7,9H,8H2,1-2H3;6-7H,3-5H2,1-2H3;6-7H,5H2,1-4H3;7H,4-6H2,1-3H3;6H,3-5H2,1-2H3;6H,4-5H2,1-3H3;5-6H,3-4H2,1-2H3;5-6H,1-4H3;6H,4-5H2,1-3H3;4-5H,3H2,1-2H3;5H,3-4H2,1-2H3;5H,3-4,6H2,1-2H3;5-6H,3-4H2,1-2H3;4H,1-3H3;5H,4H2,1-3H3;4H,1-3H3;4H,1-3H3. The van der Waals surface area contributed by atoms with Gasteiger partial charge in [0.15, 0.2) is 0 Å². The SMILES string of the molecule is CC(=O)C(C)C.CC(C)C.CC(C)C(C)C.CC(C)C1CC1.CC(C)CC(C)C.CC(C)CC(F)F.CC(C)CC1CC1.CC(C)CCCF.CC(C)CCF.CC(C)CCN.CC(C)CCO.CC(C)Cc1ccccc1.CC(C)S(C)(=O)=O.CCC(C)C.CCCC(C)C.CCCCC(C)C.COCCC(C)C. The summed E-state index contributed by atoms with van der Waals surface area (Å²) in [5, 5.41) is 8.01. The first-order chi connectivity index (χ1) is 50.3. The number of hydrogen-bond donors (Lipinski definition) is 2. The molecule has 0 radical (unpaired) electrons. The summed E-state index contributed by atoms with van der Waals surface area (Å²) in [4.78, 5) is 10.1. The monoisotopic (exact) mass is 1610 g/mol. The molecule has 6 nitrogen and oxygen atoms in total. The van der Waals surface area contributed by atoms with Crippen LogP contribution in [0.25, 0.3) is 0 Å². The predicted octanol–water partition coefficient (Wildman–Crippen LogP) is 33.4. The molecule has 11 heteroatoms. The highest BCUT2D eigenvalue weighted by Gasteiger charge is 2.24. The summed E-state index contributed by atoms with van der Waals surface area (Å²) in [5.74, 6) is 15.8. The van der Waals surface area contributed by atoms with Crippen molar-refractivity contribution < 1.29 is 40.6 Å². The Balaban J connectivity index is -0.0000000744. The summed E-state index contributed by atoms with van der Waals surface area (Å²) in [6, 6.07) is 10.6. The molecule has 3 rings (SSSR count). The van der Waals surface area contributed by atoms with E-state index in [0.717, 1.165) is 128 Å². The maximum absolute atomic E-state index is 11.4. The number of Topliss-reactive ketones (excluding diaryl/α,β-unsaturated/α-hetero) is 1. The Hall–Kier alpha value is -1.56. The minimum Gasteiger partial charge on any atom is -0.396 e. The number of aliphatic hydroxyl groups is 1. The van der Waals surface area contributed by atoms with Gasteiger partial charge < -0.3 is 15.6 Å². The van der Waals surface area contributed by atoms with Crippen LogP contribution in [0.5, 0.6) is 0 Å². The van der Waals surface area contributed by atoms with Gasteiger partial charge in [-0.2, -0.15) is 0 Å². The number of alkyl halides is 4. The predicted molar refractivity (Wildman–Crippen MR) is 501 cm³/mol. The number of carbonyl (C=O) groups excluding carboxylic acids is 1. The first-order valence-electron chi connectivity index (χ1n) is 45.2. The number of methoxy groups -OCH3 is 1. The van der Waals surface area contributed by atoms with Crippen molar-refractivity contribution in [2.75, 3.05) is 46.5 Å². The summed E-state index contributed by atoms with van der Waals surface area (Å²) in [5.41, 5.74) is 6.67. The highest BCUT2D eigenvalue weighted by molar-refractivity contribution is 7.91. The number of nitrogens with two attached hydrogens (primary N) is 1. The summed E-state index contributed by atoms with van der Waals surface area (Å²) in [6.45, 7) is 93.6. The first-order valence-corrected chi connectivity index (χ1v) is 47.1. The van der Waals surface area contributed by atoms with Crippen LogP contribution in [0.3, 0.4) is 0 Å². The minimum atomic E-state index is -2.74. The Morgan fingerprint density at radius 2 is 0.818 bits per heavy atom. The molecule has 1 aromatic rings. The van der Waals surface area contributed by atoms with Crippen molar-refractivity contribution >= 4 is 15.6 Å². The molecule has 0 aromatic heterocycles. The highest BCUT2D eigenvalue weighted by Crippen LogP contribution is 2.36. The molecule has 110 heavy (non-hydrogen) atoms. The number of aliphatic hydroxyl groups excluding tert-OH is 1. The number of sulfone groups is 1. The number of hydrogen-bond acceptors (Lipinski definition) is 6. The molecule has 0 atom stereocenters. The summed E-state index contributed by atoms with van der Waals surface area (Å²) >= 11 is 0. The Bertz CT molecular complexity index is 1690. The van der Waals surface area contributed by atoms with Gasteiger partial charge in [-0.3, -0.25) is 13.6 Å². The molecule has 0 aliphatic heterocycles. The largest absolute Gasteiger partial charge is 0.396 e. The smallest absolute Gasteiger partial charge is 0.238 e. The van der Waals surface area contributed by atoms with Gasteiger partial charge in [-0.25, -0.2) is 17.2 Å². The van der Waals surface area contributed by atoms with Gasteiger partial charge in [-0.05, 0) is 216 Å². The molecule has 2 aliphatic carbocycles. The molecule has 0 amide bonds. The van der Waals surface area contributed by atoms with Crippen LogP contribution < -0.4 is 5.73 Å². The van der Waals surface area contributed by atoms with E-state index in [4.69, 9.17) is 15.6 Å². The summed E-state index contributed by atoms with van der Waals surface area (Å²) in [6.07, 6.45) is 23.1. The summed E-state index contributed by atoms with van der Waals surface area (Å²) in [7, 11) is -1.00. The lowest BCUT2D eigenvalue weighted by Crippen LogP contribution is -2.10. The van der Waals surface area contributed by atoms with Crippen LogP contribution in [-0.4, -0.2) is 77.5 Å². The molecule has 0 heterocycles. The number of ketones is 1. The van der Waals surface area contributed by atoms with E-state index >= 15 is 0 Å². The molecule has 2 fully saturated rings. The topological polar surface area (TPSA) is 107 Å². The van der Waals surface area contributed by atoms with Crippen molar-refractivity contribution in [3.63, 3.8) is 0 Å². The van der Waals surface area contributed by atoms with Crippen molar-refractivity contribution in [1.29, 1.82) is 0 Å². The number of rotatable bonds is 30. The van der Waals surface area contributed by atoms with Crippen LogP contribution in [0.15, 0.2) is 30.3 Å². The van der Waals surface area contributed by atoms with Crippen LogP contribution in [0.4, 0.5) is 17.6 Å². The van der Waals surface area contributed by atoms with Crippen LogP contribution in [0, 0.1) is 118 Å². The van der Waals surface area contributed by atoms with Gasteiger partial charge in [0.05, 0.1) is 18.6 Å². The van der Waals surface area contributed by atoms with Crippen molar-refractivity contribution in [3.8, 4) is 0 Å². The number of benzene rings is 1. The van der Waals surface area contributed by atoms with Crippen LogP contribution in [0.2, 0.25) is 0 Å². The number of carbonyl (C=O) groups is 1. The Kier molecular flexibility index (Phi) is 135. The van der Waals surface area contributed by atoms with Crippen LogP contribution in [0.1, 0.15) is 425 Å². The molecule has 0 unspecified atom stereocenters. The first kappa shape index (κ1) is 140. The van der Waals surface area contributed by atoms with Gasteiger partial charge in [0.2, 0.25) is 6.43 Å². The zero-order valence-corrected chi connectivity index (χ0v) is 84.7. The molecule has 0 spiro atoms. The van der Waals surface area contributed by atoms with E-state index in [2.05, 4.69) is 266 Å². The number of halogens is 4. The quantitative estimate of drug-likeness (QED) is 0.0743. The minimum absolute atomic E-state index is 0.0278. The highest BCUT2D eigenvalue weighted by atomic mass is 32.2. The van der Waals surface area contributed by atoms with Gasteiger partial charge in [0.25, 0.3) is 0 Å². The van der Waals surface area contributed by atoms with E-state index in [1.807, 2.05) is 27.7 Å². The lowest BCUT2D eigenvalue weighted by Gasteiger charge is -2.05. The van der Waals surface area contributed by atoms with E-state index < -0.39 is 16.3 Å². The molecule has 680 valence electrons. The fourth-order valence-electron chi connectivity index (χ4n) is 7.01.